The van der Waals surface area contributed by atoms with Crippen molar-refractivity contribution >= 4 is 6.21 Å². The highest BCUT2D eigenvalue weighted by molar-refractivity contribution is 5.76. The Morgan fingerprint density at radius 3 is 3.21 bits per heavy atom. The summed E-state index contributed by atoms with van der Waals surface area (Å²) in [5.41, 5.74) is 0.940. The molecule has 2 heteroatoms. The first-order valence-corrected chi connectivity index (χ1v) is 4.56. The summed E-state index contributed by atoms with van der Waals surface area (Å²) in [6.07, 6.45) is 14.5. The Morgan fingerprint density at radius 1 is 1.36 bits per heavy atom. The number of hydrogen-bond donors (Lipinski definition) is 0. The molecule has 0 saturated heterocycles. The normalized spacial score (nSPS) is 15.9. The molecule has 70 valence electrons. The van der Waals surface area contributed by atoms with Crippen LogP contribution in [0.3, 0.4) is 0 Å². The van der Waals surface area contributed by atoms with Gasteiger partial charge in [0, 0.05) is 0 Å². The van der Waals surface area contributed by atoms with Crippen LogP contribution >= 0.6 is 0 Å². The molecule has 1 aromatic rings. The second kappa shape index (κ2) is 4.42. The van der Waals surface area contributed by atoms with Crippen molar-refractivity contribution in [1.82, 2.24) is 0 Å². The molecule has 1 heterocycles. The number of hydrogen-bond acceptors (Lipinski definition) is 2. The largest absolute Gasteiger partial charge is 0.463 e. The maximum Gasteiger partial charge on any atom is 0.144 e. The fourth-order valence-electron chi connectivity index (χ4n) is 1.16. The van der Waals surface area contributed by atoms with Crippen molar-refractivity contribution in [2.75, 3.05) is 0 Å². The summed E-state index contributed by atoms with van der Waals surface area (Å²) < 4.78 is 5.14. The summed E-state index contributed by atoms with van der Waals surface area (Å²) in [6.45, 7) is 0. The van der Waals surface area contributed by atoms with Crippen LogP contribution in [0.1, 0.15) is 12.2 Å². The maximum atomic E-state index is 5.14. The second-order valence-electron chi connectivity index (χ2n) is 2.93. The van der Waals surface area contributed by atoms with Gasteiger partial charge >= 0.3 is 0 Å². The molecular weight excluding hydrogens is 174 g/mol. The van der Waals surface area contributed by atoms with Crippen molar-refractivity contribution in [2.24, 2.45) is 4.99 Å². The molecule has 1 aliphatic rings. The number of aliphatic imine (C=N–C) groups is 1. The van der Waals surface area contributed by atoms with Gasteiger partial charge in [0.2, 0.25) is 0 Å². The molecule has 2 rings (SSSR count). The third-order valence-corrected chi connectivity index (χ3v) is 1.85. The van der Waals surface area contributed by atoms with E-state index in [-0.39, 0.29) is 0 Å². The summed E-state index contributed by atoms with van der Waals surface area (Å²) in [7, 11) is 0. The molecule has 0 N–H and O–H groups in total. The number of furan rings is 1. The molecule has 1 aromatic heterocycles. The van der Waals surface area contributed by atoms with E-state index in [4.69, 9.17) is 4.42 Å². The first-order chi connectivity index (χ1) is 6.95. The van der Waals surface area contributed by atoms with Gasteiger partial charge in [-0.15, -0.1) is 0 Å². The van der Waals surface area contributed by atoms with E-state index in [0.717, 1.165) is 17.9 Å². The van der Waals surface area contributed by atoms with E-state index in [1.54, 1.807) is 12.5 Å². The Morgan fingerprint density at radius 2 is 2.36 bits per heavy atom. The standard InChI is InChI=1S/C12H11NO/c1-2-4-7-11(6-3-1)13-10-12-8-5-9-14-12/h1,3-10H,2H2. The Kier molecular flexibility index (Phi) is 2.76. The molecule has 2 nitrogen and oxygen atoms in total. The highest BCUT2D eigenvalue weighted by Crippen LogP contribution is 2.06. The first kappa shape index (κ1) is 8.75. The average molecular weight is 185 g/mol. The predicted octanol–water partition coefficient (Wildman–Crippen LogP) is 3.10. The van der Waals surface area contributed by atoms with Gasteiger partial charge in [0.05, 0.1) is 18.2 Å². The smallest absolute Gasteiger partial charge is 0.144 e. The van der Waals surface area contributed by atoms with E-state index in [1.165, 1.54) is 0 Å². The zero-order chi connectivity index (χ0) is 9.64. The van der Waals surface area contributed by atoms with Gasteiger partial charge < -0.3 is 4.42 Å². The molecule has 0 spiro atoms. The van der Waals surface area contributed by atoms with Crippen LogP contribution in [0.15, 0.2) is 63.9 Å². The van der Waals surface area contributed by atoms with Crippen molar-refractivity contribution in [3.63, 3.8) is 0 Å². The van der Waals surface area contributed by atoms with Crippen LogP contribution in [0.2, 0.25) is 0 Å². The Hall–Kier alpha value is -1.83. The van der Waals surface area contributed by atoms with Gasteiger partial charge in [0.25, 0.3) is 0 Å². The topological polar surface area (TPSA) is 25.5 Å². The minimum absolute atomic E-state index is 0.771. The minimum atomic E-state index is 0.771. The minimum Gasteiger partial charge on any atom is -0.463 e. The number of rotatable bonds is 2. The average Bonchev–Trinajstić information content (AvgIpc) is 2.58. The van der Waals surface area contributed by atoms with E-state index in [2.05, 4.69) is 17.1 Å². The zero-order valence-electron chi connectivity index (χ0n) is 7.76. The summed E-state index contributed by atoms with van der Waals surface area (Å²) in [5, 5.41) is 0. The van der Waals surface area contributed by atoms with Crippen molar-refractivity contribution < 1.29 is 4.42 Å². The van der Waals surface area contributed by atoms with Crippen LogP contribution in [0.5, 0.6) is 0 Å². The summed E-state index contributed by atoms with van der Waals surface area (Å²) in [4.78, 5) is 4.29. The van der Waals surface area contributed by atoms with Crippen LogP contribution in [-0.4, -0.2) is 6.21 Å². The number of nitrogens with zero attached hydrogens (tertiary/aromatic N) is 1. The van der Waals surface area contributed by atoms with Crippen molar-refractivity contribution in [3.8, 4) is 0 Å². The lowest BCUT2D eigenvalue weighted by Gasteiger charge is -1.89. The molecule has 0 atom stereocenters. The second-order valence-corrected chi connectivity index (χ2v) is 2.93. The zero-order valence-corrected chi connectivity index (χ0v) is 7.76. The lowest BCUT2D eigenvalue weighted by atomic mass is 10.3. The van der Waals surface area contributed by atoms with E-state index in [9.17, 15) is 0 Å². The SMILES string of the molecule is C1=CCC=CC(N=Cc2ccco2)=C1. The van der Waals surface area contributed by atoms with Gasteiger partial charge in [-0.3, -0.25) is 4.99 Å². The highest BCUT2D eigenvalue weighted by Gasteiger charge is 1.91. The summed E-state index contributed by atoms with van der Waals surface area (Å²) >= 11 is 0. The van der Waals surface area contributed by atoms with Crippen LogP contribution in [0.25, 0.3) is 0 Å². The van der Waals surface area contributed by atoms with Crippen molar-refractivity contribution in [1.29, 1.82) is 0 Å². The fourth-order valence-corrected chi connectivity index (χ4v) is 1.16. The molecule has 0 saturated carbocycles. The molecule has 0 aromatic carbocycles. The molecule has 14 heavy (non-hydrogen) atoms. The Balaban J connectivity index is 2.10. The van der Waals surface area contributed by atoms with Crippen LogP contribution in [0.4, 0.5) is 0 Å². The third-order valence-electron chi connectivity index (χ3n) is 1.85. The van der Waals surface area contributed by atoms with Gasteiger partial charge in [0.1, 0.15) is 5.76 Å². The Labute approximate surface area is 83.0 Å². The van der Waals surface area contributed by atoms with Gasteiger partial charge in [-0.1, -0.05) is 18.2 Å². The quantitative estimate of drug-likeness (QED) is 0.650. The lowest BCUT2D eigenvalue weighted by molar-refractivity contribution is 0.560. The number of allylic oxidation sites excluding steroid dienone is 5. The third kappa shape index (κ3) is 2.33. The van der Waals surface area contributed by atoms with Crippen molar-refractivity contribution in [2.45, 2.75) is 6.42 Å². The molecule has 0 fully saturated rings. The molecular formula is C12H11NO. The van der Waals surface area contributed by atoms with E-state index >= 15 is 0 Å². The van der Waals surface area contributed by atoms with Crippen LogP contribution < -0.4 is 0 Å². The van der Waals surface area contributed by atoms with Gasteiger partial charge in [-0.05, 0) is 30.7 Å². The lowest BCUT2D eigenvalue weighted by Crippen LogP contribution is -1.76. The van der Waals surface area contributed by atoms with Crippen LogP contribution in [-0.2, 0) is 0 Å². The Bertz CT molecular complexity index is 394. The van der Waals surface area contributed by atoms with E-state index in [0.29, 0.717) is 0 Å². The predicted molar refractivity (Wildman–Crippen MR) is 57.3 cm³/mol. The first-order valence-electron chi connectivity index (χ1n) is 4.56. The molecule has 0 radical (unpaired) electrons. The highest BCUT2D eigenvalue weighted by atomic mass is 16.3. The molecule has 0 bridgehead atoms. The van der Waals surface area contributed by atoms with Gasteiger partial charge in [-0.2, -0.15) is 0 Å². The summed E-state index contributed by atoms with van der Waals surface area (Å²) in [5.74, 6) is 0.771. The monoisotopic (exact) mass is 185 g/mol. The van der Waals surface area contributed by atoms with E-state index in [1.807, 2.05) is 30.4 Å². The molecule has 0 unspecified atom stereocenters. The molecule has 0 amide bonds. The van der Waals surface area contributed by atoms with Crippen LogP contribution in [0, 0.1) is 0 Å². The summed E-state index contributed by atoms with van der Waals surface area (Å²) in [6, 6.07) is 3.72. The maximum absolute atomic E-state index is 5.14. The molecule has 1 aliphatic carbocycles. The molecule has 0 aliphatic heterocycles. The fraction of sp³-hybridized carbons (Fsp3) is 0.0833. The van der Waals surface area contributed by atoms with Gasteiger partial charge in [0.15, 0.2) is 0 Å². The van der Waals surface area contributed by atoms with Crippen molar-refractivity contribution in [3.05, 3.63) is 60.2 Å². The van der Waals surface area contributed by atoms with Gasteiger partial charge in [-0.25, -0.2) is 0 Å². The van der Waals surface area contributed by atoms with E-state index < -0.39 is 0 Å².